The van der Waals surface area contributed by atoms with E-state index < -0.39 is 0 Å². The van der Waals surface area contributed by atoms with Gasteiger partial charge in [0.1, 0.15) is 0 Å². The van der Waals surface area contributed by atoms with Crippen LogP contribution in [0.1, 0.15) is 33.1 Å². The number of hydrogen-bond acceptors (Lipinski definition) is 3. The second kappa shape index (κ2) is 8.40. The van der Waals surface area contributed by atoms with Gasteiger partial charge in [-0.3, -0.25) is 4.90 Å². The molecule has 3 nitrogen and oxygen atoms in total. The van der Waals surface area contributed by atoms with E-state index in [4.69, 9.17) is 5.73 Å². The Kier molecular flexibility index (Phi) is 6.52. The minimum Gasteiger partial charge on any atom is -0.369 e. The van der Waals surface area contributed by atoms with Crippen LogP contribution in [0.25, 0.3) is 0 Å². The molecular formula is C18H31N3. The van der Waals surface area contributed by atoms with Gasteiger partial charge >= 0.3 is 0 Å². The van der Waals surface area contributed by atoms with Gasteiger partial charge in [-0.15, -0.1) is 0 Å². The third kappa shape index (κ3) is 5.68. The first-order valence-corrected chi connectivity index (χ1v) is 8.43. The standard InChI is InChI=1S/C18H31N3/c1-16(7-6-8-17(2)19)15-20-11-13-21(14-12-20)18-9-4-3-5-10-18/h3-5,9-10,16-17H,6-8,11-15,19H2,1-2H3. The van der Waals surface area contributed by atoms with Crippen LogP contribution in [0, 0.1) is 5.92 Å². The minimum absolute atomic E-state index is 0.353. The van der Waals surface area contributed by atoms with Crippen LogP contribution in [0.3, 0.4) is 0 Å². The molecule has 0 bridgehead atoms. The van der Waals surface area contributed by atoms with Crippen LogP contribution in [0.4, 0.5) is 5.69 Å². The lowest BCUT2D eigenvalue weighted by Gasteiger charge is -2.37. The van der Waals surface area contributed by atoms with E-state index in [0.717, 1.165) is 25.4 Å². The van der Waals surface area contributed by atoms with Gasteiger partial charge in [0.05, 0.1) is 0 Å². The highest BCUT2D eigenvalue weighted by Gasteiger charge is 2.18. The predicted molar refractivity (Wildman–Crippen MR) is 91.8 cm³/mol. The summed E-state index contributed by atoms with van der Waals surface area (Å²) in [6, 6.07) is 11.1. The number of nitrogens with two attached hydrogens (primary N) is 1. The molecule has 21 heavy (non-hydrogen) atoms. The molecule has 1 aromatic rings. The average molecular weight is 289 g/mol. The van der Waals surface area contributed by atoms with Gasteiger partial charge in [0.15, 0.2) is 0 Å². The molecule has 118 valence electrons. The molecule has 2 rings (SSSR count). The summed E-state index contributed by atoms with van der Waals surface area (Å²) in [5.74, 6) is 0.784. The first-order valence-electron chi connectivity index (χ1n) is 8.43. The van der Waals surface area contributed by atoms with Crippen LogP contribution >= 0.6 is 0 Å². The summed E-state index contributed by atoms with van der Waals surface area (Å²) in [6.45, 7) is 10.4. The van der Waals surface area contributed by atoms with E-state index >= 15 is 0 Å². The molecule has 0 spiro atoms. The summed E-state index contributed by atoms with van der Waals surface area (Å²) in [5, 5.41) is 0. The van der Waals surface area contributed by atoms with Crippen molar-refractivity contribution < 1.29 is 0 Å². The van der Waals surface area contributed by atoms with Crippen LogP contribution < -0.4 is 10.6 Å². The number of benzene rings is 1. The van der Waals surface area contributed by atoms with Crippen molar-refractivity contribution in [2.75, 3.05) is 37.6 Å². The van der Waals surface area contributed by atoms with Crippen molar-refractivity contribution in [2.24, 2.45) is 11.7 Å². The zero-order valence-electron chi connectivity index (χ0n) is 13.7. The second-order valence-corrected chi connectivity index (χ2v) is 6.64. The Labute approximate surface area is 130 Å². The Morgan fingerprint density at radius 3 is 2.29 bits per heavy atom. The van der Waals surface area contributed by atoms with Crippen molar-refractivity contribution in [3.8, 4) is 0 Å². The number of rotatable bonds is 7. The van der Waals surface area contributed by atoms with Gasteiger partial charge in [0.2, 0.25) is 0 Å². The van der Waals surface area contributed by atoms with Crippen LogP contribution in [0.2, 0.25) is 0 Å². The van der Waals surface area contributed by atoms with Gasteiger partial charge in [-0.1, -0.05) is 31.5 Å². The zero-order chi connectivity index (χ0) is 15.1. The van der Waals surface area contributed by atoms with Gasteiger partial charge < -0.3 is 10.6 Å². The summed E-state index contributed by atoms with van der Waals surface area (Å²) < 4.78 is 0. The van der Waals surface area contributed by atoms with Gasteiger partial charge in [-0.05, 0) is 37.8 Å². The van der Waals surface area contributed by atoms with E-state index in [9.17, 15) is 0 Å². The van der Waals surface area contributed by atoms with Crippen LogP contribution in [-0.4, -0.2) is 43.7 Å². The first kappa shape index (κ1) is 16.3. The lowest BCUT2D eigenvalue weighted by atomic mass is 10.0. The average Bonchev–Trinajstić information content (AvgIpc) is 2.48. The molecule has 1 saturated heterocycles. The van der Waals surface area contributed by atoms with E-state index in [1.54, 1.807) is 0 Å². The highest BCUT2D eigenvalue weighted by Crippen LogP contribution is 2.17. The maximum absolute atomic E-state index is 5.82. The highest BCUT2D eigenvalue weighted by molar-refractivity contribution is 5.46. The van der Waals surface area contributed by atoms with Gasteiger partial charge in [-0.2, -0.15) is 0 Å². The van der Waals surface area contributed by atoms with E-state index in [-0.39, 0.29) is 0 Å². The van der Waals surface area contributed by atoms with E-state index in [1.165, 1.54) is 38.2 Å². The van der Waals surface area contributed by atoms with Crippen molar-refractivity contribution in [3.63, 3.8) is 0 Å². The van der Waals surface area contributed by atoms with Gasteiger partial charge in [-0.25, -0.2) is 0 Å². The van der Waals surface area contributed by atoms with Crippen molar-refractivity contribution >= 4 is 5.69 Å². The highest BCUT2D eigenvalue weighted by atomic mass is 15.3. The maximum Gasteiger partial charge on any atom is 0.0367 e. The minimum atomic E-state index is 0.353. The number of para-hydroxylation sites is 1. The molecule has 1 aliphatic rings. The van der Waals surface area contributed by atoms with Gasteiger partial charge in [0.25, 0.3) is 0 Å². The molecule has 0 aliphatic carbocycles. The summed E-state index contributed by atoms with van der Waals surface area (Å²) in [7, 11) is 0. The molecule has 0 aromatic heterocycles. The first-order chi connectivity index (χ1) is 10.1. The Morgan fingerprint density at radius 1 is 1.00 bits per heavy atom. The maximum atomic E-state index is 5.82. The summed E-state index contributed by atoms with van der Waals surface area (Å²) >= 11 is 0. The Hall–Kier alpha value is -1.06. The molecule has 1 fully saturated rings. The Morgan fingerprint density at radius 2 is 1.67 bits per heavy atom. The van der Waals surface area contributed by atoms with Crippen LogP contribution in [0.5, 0.6) is 0 Å². The molecule has 2 N–H and O–H groups in total. The number of hydrogen-bond donors (Lipinski definition) is 1. The third-order valence-corrected chi connectivity index (χ3v) is 4.42. The Bertz CT molecular complexity index is 383. The van der Waals surface area contributed by atoms with Gasteiger partial charge in [0, 0.05) is 44.5 Å². The van der Waals surface area contributed by atoms with E-state index in [2.05, 4.69) is 54.0 Å². The molecule has 2 atom stereocenters. The fourth-order valence-electron chi connectivity index (χ4n) is 3.15. The van der Waals surface area contributed by atoms with E-state index in [0.29, 0.717) is 6.04 Å². The topological polar surface area (TPSA) is 32.5 Å². The third-order valence-electron chi connectivity index (χ3n) is 4.42. The van der Waals surface area contributed by atoms with Crippen molar-refractivity contribution in [1.29, 1.82) is 0 Å². The molecule has 2 unspecified atom stereocenters. The molecule has 1 heterocycles. The molecule has 1 aromatic carbocycles. The molecule has 0 saturated carbocycles. The largest absolute Gasteiger partial charge is 0.369 e. The summed E-state index contributed by atoms with van der Waals surface area (Å²) in [6.07, 6.45) is 3.73. The Balaban J connectivity index is 1.67. The molecule has 0 radical (unpaired) electrons. The fourth-order valence-corrected chi connectivity index (χ4v) is 3.15. The van der Waals surface area contributed by atoms with Crippen molar-refractivity contribution in [2.45, 2.75) is 39.2 Å². The van der Waals surface area contributed by atoms with E-state index in [1.807, 2.05) is 0 Å². The second-order valence-electron chi connectivity index (χ2n) is 6.64. The molecule has 3 heteroatoms. The van der Waals surface area contributed by atoms with Crippen molar-refractivity contribution in [3.05, 3.63) is 30.3 Å². The smallest absolute Gasteiger partial charge is 0.0367 e. The number of piperazine rings is 1. The quantitative estimate of drug-likeness (QED) is 0.837. The SMILES string of the molecule is CC(N)CCCC(C)CN1CCN(c2ccccc2)CC1. The van der Waals surface area contributed by atoms with Crippen LogP contribution in [-0.2, 0) is 0 Å². The molecular weight excluding hydrogens is 258 g/mol. The zero-order valence-corrected chi connectivity index (χ0v) is 13.7. The van der Waals surface area contributed by atoms with Crippen molar-refractivity contribution in [1.82, 2.24) is 4.90 Å². The predicted octanol–water partition coefficient (Wildman–Crippen LogP) is 2.96. The monoisotopic (exact) mass is 289 g/mol. The number of nitrogens with zero attached hydrogens (tertiary/aromatic N) is 2. The fraction of sp³-hybridized carbons (Fsp3) is 0.667. The van der Waals surface area contributed by atoms with Crippen LogP contribution in [0.15, 0.2) is 30.3 Å². The number of anilines is 1. The summed E-state index contributed by atoms with van der Waals surface area (Å²) in [4.78, 5) is 5.12. The summed E-state index contributed by atoms with van der Waals surface area (Å²) in [5.41, 5.74) is 7.18. The normalized spacial score (nSPS) is 19.5. The molecule has 0 amide bonds. The molecule has 1 aliphatic heterocycles. The lowest BCUT2D eigenvalue weighted by molar-refractivity contribution is 0.218. The lowest BCUT2D eigenvalue weighted by Crippen LogP contribution is -2.47.